The van der Waals surface area contributed by atoms with Gasteiger partial charge in [-0.3, -0.25) is 14.9 Å². The number of hydrogen-bond donors (Lipinski definition) is 3. The van der Waals surface area contributed by atoms with Crippen molar-refractivity contribution in [1.29, 1.82) is 0 Å². The van der Waals surface area contributed by atoms with Crippen LogP contribution in [-0.2, 0) is 16.1 Å². The van der Waals surface area contributed by atoms with Gasteiger partial charge in [-0.1, -0.05) is 37.6 Å². The largest absolute Gasteiger partial charge is 0.481 e. The first kappa shape index (κ1) is 21.1. The lowest BCUT2D eigenvalue weighted by molar-refractivity contribution is -0.125. The molecule has 0 radical (unpaired) electrons. The number of benzene rings is 1. The molecule has 1 fully saturated rings. The minimum atomic E-state index is -0.448. The molecule has 1 aromatic carbocycles. The molecule has 154 valence electrons. The number of hydrogen-bond acceptors (Lipinski definition) is 5. The van der Waals surface area contributed by atoms with Gasteiger partial charge in [0.15, 0.2) is 0 Å². The van der Waals surface area contributed by atoms with Crippen LogP contribution in [0.4, 0.5) is 0 Å². The molecule has 0 bridgehead atoms. The first-order chi connectivity index (χ1) is 13.9. The van der Waals surface area contributed by atoms with Crippen LogP contribution >= 0.6 is 11.6 Å². The maximum atomic E-state index is 12.3. The molecule has 29 heavy (non-hydrogen) atoms. The van der Waals surface area contributed by atoms with E-state index in [0.717, 1.165) is 16.7 Å². The van der Waals surface area contributed by atoms with Crippen molar-refractivity contribution in [2.75, 3.05) is 7.11 Å². The Balaban J connectivity index is 1.78. The molecule has 2 atom stereocenters. The SMILES string of the molecule is COc1ccc(C2CC(=O)NC(c3cc(CNC(=O)C(C)C)ccc3Cl)N2)cn1. The molecule has 2 unspecified atom stereocenters. The molecular weight excluding hydrogens is 392 g/mol. The topological polar surface area (TPSA) is 92.4 Å². The smallest absolute Gasteiger partial charge is 0.223 e. The van der Waals surface area contributed by atoms with Crippen LogP contribution in [0.2, 0.25) is 5.02 Å². The molecule has 0 saturated carbocycles. The summed E-state index contributed by atoms with van der Waals surface area (Å²) >= 11 is 6.42. The molecule has 3 N–H and O–H groups in total. The van der Waals surface area contributed by atoms with Gasteiger partial charge in [-0.15, -0.1) is 0 Å². The van der Waals surface area contributed by atoms with Gasteiger partial charge in [-0.25, -0.2) is 4.98 Å². The standard InChI is InChI=1S/C21H25ClN4O3/c1-12(2)21(28)24-10-13-4-6-16(22)15(8-13)20-25-17(9-18(27)26-20)14-5-7-19(29-3)23-11-14/h4-8,11-12,17,20,25H,9-10H2,1-3H3,(H,24,28)(H,26,27). The Kier molecular flexibility index (Phi) is 6.71. The van der Waals surface area contributed by atoms with E-state index in [-0.39, 0.29) is 23.8 Å². The molecule has 0 aliphatic carbocycles. The molecule has 1 saturated heterocycles. The second kappa shape index (κ2) is 9.24. The van der Waals surface area contributed by atoms with E-state index in [4.69, 9.17) is 16.3 Å². The molecule has 2 aromatic rings. The lowest BCUT2D eigenvalue weighted by atomic mass is 9.99. The van der Waals surface area contributed by atoms with Crippen LogP contribution in [0.15, 0.2) is 36.5 Å². The minimum absolute atomic E-state index is 0.0161. The van der Waals surface area contributed by atoms with E-state index in [1.807, 2.05) is 32.0 Å². The fourth-order valence-corrected chi connectivity index (χ4v) is 3.35. The van der Waals surface area contributed by atoms with Crippen LogP contribution in [0.5, 0.6) is 5.88 Å². The highest BCUT2D eigenvalue weighted by Crippen LogP contribution is 2.30. The van der Waals surface area contributed by atoms with E-state index >= 15 is 0 Å². The summed E-state index contributed by atoms with van der Waals surface area (Å²) in [5.41, 5.74) is 2.55. The predicted octanol–water partition coefficient (Wildman–Crippen LogP) is 2.87. The zero-order valence-electron chi connectivity index (χ0n) is 16.7. The quantitative estimate of drug-likeness (QED) is 0.673. The lowest BCUT2D eigenvalue weighted by Gasteiger charge is -2.32. The summed E-state index contributed by atoms with van der Waals surface area (Å²) in [6.45, 7) is 4.09. The van der Waals surface area contributed by atoms with E-state index in [1.165, 1.54) is 0 Å². The van der Waals surface area contributed by atoms with Crippen molar-refractivity contribution in [1.82, 2.24) is 20.9 Å². The zero-order valence-corrected chi connectivity index (χ0v) is 17.4. The highest BCUT2D eigenvalue weighted by Gasteiger charge is 2.29. The Morgan fingerprint density at radius 2 is 2.14 bits per heavy atom. The van der Waals surface area contributed by atoms with Gasteiger partial charge in [0.2, 0.25) is 17.7 Å². The van der Waals surface area contributed by atoms with Crippen LogP contribution < -0.4 is 20.7 Å². The number of nitrogens with zero attached hydrogens (tertiary/aromatic N) is 1. The summed E-state index contributed by atoms with van der Waals surface area (Å²) in [5, 5.41) is 9.79. The van der Waals surface area contributed by atoms with Crippen molar-refractivity contribution in [3.05, 3.63) is 58.2 Å². The molecular formula is C21H25ClN4O3. The molecule has 1 aromatic heterocycles. The molecule has 2 amide bonds. The summed E-state index contributed by atoms with van der Waals surface area (Å²) in [6.07, 6.45) is 1.55. The van der Waals surface area contributed by atoms with Crippen molar-refractivity contribution in [3.63, 3.8) is 0 Å². The average molecular weight is 417 g/mol. The third kappa shape index (κ3) is 5.25. The number of amides is 2. The number of aromatic nitrogens is 1. The van der Waals surface area contributed by atoms with Crippen LogP contribution in [0.1, 0.15) is 49.2 Å². The average Bonchev–Trinajstić information content (AvgIpc) is 2.72. The summed E-state index contributed by atoms with van der Waals surface area (Å²) in [4.78, 5) is 28.4. The maximum Gasteiger partial charge on any atom is 0.223 e. The van der Waals surface area contributed by atoms with Gasteiger partial charge in [0.25, 0.3) is 0 Å². The Labute approximate surface area is 175 Å². The summed E-state index contributed by atoms with van der Waals surface area (Å²) in [6, 6.07) is 8.99. The summed E-state index contributed by atoms with van der Waals surface area (Å²) in [7, 11) is 1.56. The van der Waals surface area contributed by atoms with Crippen molar-refractivity contribution in [2.45, 2.75) is 39.0 Å². The molecule has 2 heterocycles. The van der Waals surface area contributed by atoms with Crippen molar-refractivity contribution >= 4 is 23.4 Å². The van der Waals surface area contributed by atoms with Gasteiger partial charge < -0.3 is 15.4 Å². The van der Waals surface area contributed by atoms with E-state index < -0.39 is 6.17 Å². The number of carbonyl (C=O) groups is 2. The number of pyridine rings is 1. The van der Waals surface area contributed by atoms with Crippen molar-refractivity contribution in [2.24, 2.45) is 5.92 Å². The molecule has 1 aliphatic rings. The van der Waals surface area contributed by atoms with Gasteiger partial charge in [-0.2, -0.15) is 0 Å². The van der Waals surface area contributed by atoms with Gasteiger partial charge in [0.05, 0.1) is 7.11 Å². The second-order valence-electron chi connectivity index (χ2n) is 7.29. The molecule has 0 spiro atoms. The van der Waals surface area contributed by atoms with E-state index in [0.29, 0.717) is 23.9 Å². The van der Waals surface area contributed by atoms with E-state index in [9.17, 15) is 9.59 Å². The van der Waals surface area contributed by atoms with E-state index in [2.05, 4.69) is 20.9 Å². The second-order valence-corrected chi connectivity index (χ2v) is 7.69. The van der Waals surface area contributed by atoms with Gasteiger partial charge in [0, 0.05) is 47.8 Å². The molecule has 1 aliphatic heterocycles. The molecule has 7 nitrogen and oxygen atoms in total. The number of halogens is 1. The summed E-state index contributed by atoms with van der Waals surface area (Å²) < 4.78 is 5.09. The lowest BCUT2D eigenvalue weighted by Crippen LogP contribution is -2.46. The number of carbonyl (C=O) groups excluding carboxylic acids is 2. The Morgan fingerprint density at radius 1 is 1.34 bits per heavy atom. The number of methoxy groups -OCH3 is 1. The first-order valence-corrected chi connectivity index (χ1v) is 9.86. The Morgan fingerprint density at radius 3 is 2.79 bits per heavy atom. The zero-order chi connectivity index (χ0) is 21.0. The summed E-state index contributed by atoms with van der Waals surface area (Å²) in [5.74, 6) is 0.339. The Hall–Kier alpha value is -2.64. The minimum Gasteiger partial charge on any atom is -0.481 e. The maximum absolute atomic E-state index is 12.3. The number of rotatable bonds is 6. The van der Waals surface area contributed by atoms with Crippen molar-refractivity contribution in [3.8, 4) is 5.88 Å². The van der Waals surface area contributed by atoms with Gasteiger partial charge in [0.1, 0.15) is 6.17 Å². The number of ether oxygens (including phenoxy) is 1. The van der Waals surface area contributed by atoms with Crippen molar-refractivity contribution < 1.29 is 14.3 Å². The normalized spacial score (nSPS) is 19.0. The van der Waals surface area contributed by atoms with Gasteiger partial charge >= 0.3 is 0 Å². The molecule has 8 heteroatoms. The Bertz CT molecular complexity index is 886. The third-order valence-electron chi connectivity index (χ3n) is 4.80. The van der Waals surface area contributed by atoms with Crippen LogP contribution in [0, 0.1) is 5.92 Å². The highest BCUT2D eigenvalue weighted by molar-refractivity contribution is 6.31. The molecule has 3 rings (SSSR count). The third-order valence-corrected chi connectivity index (χ3v) is 5.14. The fourth-order valence-electron chi connectivity index (χ4n) is 3.12. The van der Waals surface area contributed by atoms with Crippen LogP contribution in [0.3, 0.4) is 0 Å². The number of nitrogens with one attached hydrogen (secondary N) is 3. The first-order valence-electron chi connectivity index (χ1n) is 9.48. The monoisotopic (exact) mass is 416 g/mol. The van der Waals surface area contributed by atoms with Gasteiger partial charge in [-0.05, 0) is 23.3 Å². The van der Waals surface area contributed by atoms with E-state index in [1.54, 1.807) is 25.4 Å². The highest BCUT2D eigenvalue weighted by atomic mass is 35.5. The van der Waals surface area contributed by atoms with Crippen LogP contribution in [-0.4, -0.2) is 23.9 Å². The predicted molar refractivity (Wildman–Crippen MR) is 110 cm³/mol. The van der Waals surface area contributed by atoms with Crippen LogP contribution in [0.25, 0.3) is 0 Å². The fraction of sp³-hybridized carbons (Fsp3) is 0.381.